The molecule has 2 aliphatic rings. The normalized spacial score (nSPS) is 19.3. The van der Waals surface area contributed by atoms with Crippen LogP contribution in [0.4, 0.5) is 0 Å². The number of carbonyl (C=O) groups excluding carboxylic acids is 1. The van der Waals surface area contributed by atoms with Crippen LogP contribution in [-0.2, 0) is 12.8 Å². The second-order valence-electron chi connectivity index (χ2n) is 7.61. The smallest absolute Gasteiger partial charge is 0.274 e. The van der Waals surface area contributed by atoms with Gasteiger partial charge in [-0.1, -0.05) is 17.7 Å². The summed E-state index contributed by atoms with van der Waals surface area (Å²) in [4.78, 5) is 15.2. The summed E-state index contributed by atoms with van der Waals surface area (Å²) >= 11 is 0. The number of benzene rings is 1. The van der Waals surface area contributed by atoms with Gasteiger partial charge in [0.25, 0.3) is 5.91 Å². The molecule has 0 spiro atoms. The third-order valence-corrected chi connectivity index (χ3v) is 5.78. The van der Waals surface area contributed by atoms with Crippen LogP contribution in [0.25, 0.3) is 5.69 Å². The third-order valence-electron chi connectivity index (χ3n) is 5.78. The highest BCUT2D eigenvalue weighted by molar-refractivity contribution is 5.94. The first kappa shape index (κ1) is 19.9. The molecule has 0 radical (unpaired) electrons. The van der Waals surface area contributed by atoms with Crippen molar-refractivity contribution in [2.45, 2.75) is 51.5 Å². The van der Waals surface area contributed by atoms with Gasteiger partial charge in [-0.25, -0.2) is 4.68 Å². The van der Waals surface area contributed by atoms with Gasteiger partial charge < -0.3 is 10.2 Å². The zero-order valence-corrected chi connectivity index (χ0v) is 17.0. The molecule has 1 atom stereocenters. The summed E-state index contributed by atoms with van der Waals surface area (Å²) in [5, 5.41) is 8.14. The Morgan fingerprint density at radius 3 is 2.63 bits per heavy atom. The van der Waals surface area contributed by atoms with Crippen LogP contribution in [-0.4, -0.2) is 46.8 Å². The second-order valence-corrected chi connectivity index (χ2v) is 7.61. The van der Waals surface area contributed by atoms with E-state index in [9.17, 15) is 4.79 Å². The van der Waals surface area contributed by atoms with E-state index < -0.39 is 0 Å². The summed E-state index contributed by atoms with van der Waals surface area (Å²) in [6.45, 7) is 3.70. The molecule has 6 heteroatoms. The average molecular weight is 389 g/mol. The number of nitrogens with zero attached hydrogens (tertiary/aromatic N) is 3. The van der Waals surface area contributed by atoms with Crippen LogP contribution in [0.15, 0.2) is 24.3 Å². The molecule has 4 rings (SSSR count). The Balaban J connectivity index is 0.00000210. The first-order chi connectivity index (χ1) is 12.7. The Hall–Kier alpha value is -1.85. The van der Waals surface area contributed by atoms with Gasteiger partial charge in [-0.05, 0) is 64.6 Å². The van der Waals surface area contributed by atoms with E-state index in [0.29, 0.717) is 11.7 Å². The number of piperidine rings is 1. The number of likely N-dealkylation sites (N-methyl/N-ethyl adjacent to an activating group) is 1. The first-order valence-corrected chi connectivity index (χ1v) is 9.81. The van der Waals surface area contributed by atoms with Crippen molar-refractivity contribution in [2.24, 2.45) is 0 Å². The topological polar surface area (TPSA) is 50.2 Å². The van der Waals surface area contributed by atoms with Gasteiger partial charge in [0.2, 0.25) is 0 Å². The van der Waals surface area contributed by atoms with Crippen molar-refractivity contribution in [2.75, 3.05) is 20.1 Å². The summed E-state index contributed by atoms with van der Waals surface area (Å²) in [5.74, 6) is 0.106. The highest BCUT2D eigenvalue weighted by atomic mass is 35.5. The molecule has 1 unspecified atom stereocenters. The molecule has 5 nitrogen and oxygen atoms in total. The fourth-order valence-corrected chi connectivity index (χ4v) is 4.22. The molecule has 146 valence electrons. The molecular formula is C21H29ClN4O. The highest BCUT2D eigenvalue weighted by Gasteiger charge is 2.30. The molecule has 0 saturated carbocycles. The van der Waals surface area contributed by atoms with Crippen molar-refractivity contribution in [1.29, 1.82) is 0 Å². The fourth-order valence-electron chi connectivity index (χ4n) is 4.22. The molecule has 1 aromatic carbocycles. The van der Waals surface area contributed by atoms with Gasteiger partial charge in [0.05, 0.1) is 5.69 Å². The van der Waals surface area contributed by atoms with Crippen molar-refractivity contribution in [1.82, 2.24) is 20.0 Å². The Morgan fingerprint density at radius 1 is 1.15 bits per heavy atom. The van der Waals surface area contributed by atoms with E-state index in [2.05, 4.69) is 36.5 Å². The van der Waals surface area contributed by atoms with Crippen LogP contribution < -0.4 is 5.32 Å². The number of aromatic nitrogens is 2. The number of likely N-dealkylation sites (tertiary alicyclic amines) is 1. The maximum atomic E-state index is 13.3. The van der Waals surface area contributed by atoms with Crippen molar-refractivity contribution in [3.8, 4) is 5.69 Å². The lowest BCUT2D eigenvalue weighted by Gasteiger charge is -2.32. The lowest BCUT2D eigenvalue weighted by Crippen LogP contribution is -2.47. The number of rotatable bonds is 3. The summed E-state index contributed by atoms with van der Waals surface area (Å²) in [6.07, 6.45) is 6.47. The number of nitrogens with one attached hydrogen (secondary N) is 1. The van der Waals surface area contributed by atoms with E-state index >= 15 is 0 Å². The molecule has 2 heterocycles. The minimum Gasteiger partial charge on any atom is -0.336 e. The number of hydrogen-bond acceptors (Lipinski definition) is 3. The van der Waals surface area contributed by atoms with Crippen LogP contribution in [0.3, 0.4) is 0 Å². The molecule has 1 saturated heterocycles. The van der Waals surface area contributed by atoms with E-state index in [1.54, 1.807) is 0 Å². The number of aryl methyl sites for hydroxylation is 1. The van der Waals surface area contributed by atoms with Crippen molar-refractivity contribution < 1.29 is 4.79 Å². The molecule has 1 aliphatic heterocycles. The van der Waals surface area contributed by atoms with Gasteiger partial charge in [-0.15, -0.1) is 12.4 Å². The second kappa shape index (κ2) is 8.44. The van der Waals surface area contributed by atoms with Crippen molar-refractivity contribution in [3.05, 3.63) is 46.8 Å². The van der Waals surface area contributed by atoms with Crippen LogP contribution >= 0.6 is 12.4 Å². The largest absolute Gasteiger partial charge is 0.336 e. The van der Waals surface area contributed by atoms with E-state index in [-0.39, 0.29) is 18.3 Å². The molecule has 1 fully saturated rings. The molecule has 1 aromatic heterocycles. The van der Waals surface area contributed by atoms with Gasteiger partial charge in [-0.2, -0.15) is 5.10 Å². The number of hydrogen-bond donors (Lipinski definition) is 1. The fraction of sp³-hybridized carbons (Fsp3) is 0.524. The standard InChI is InChI=1S/C21H28N4O.ClH/c1-15-9-11-17(12-10-15)25-19-8-4-3-7-18(19)20(23-25)21(26)24-13-5-6-16(14-24)22-2;/h9-12,16,22H,3-8,13-14H2,1-2H3;1H. The van der Waals surface area contributed by atoms with E-state index in [1.807, 2.05) is 16.6 Å². The number of carbonyl (C=O) groups is 1. The molecule has 1 aliphatic carbocycles. The molecule has 1 N–H and O–H groups in total. The summed E-state index contributed by atoms with van der Waals surface area (Å²) in [5.41, 5.74) is 5.37. The number of halogens is 1. The molecule has 27 heavy (non-hydrogen) atoms. The van der Waals surface area contributed by atoms with E-state index in [0.717, 1.165) is 50.9 Å². The quantitative estimate of drug-likeness (QED) is 0.877. The Kier molecular flexibility index (Phi) is 6.22. The maximum Gasteiger partial charge on any atom is 0.274 e. The maximum absolute atomic E-state index is 13.3. The number of amides is 1. The molecule has 2 aromatic rings. The zero-order chi connectivity index (χ0) is 18.1. The summed E-state index contributed by atoms with van der Waals surface area (Å²) in [7, 11) is 1.98. The number of fused-ring (bicyclic) bond motifs is 1. The van der Waals surface area contributed by atoms with Gasteiger partial charge in [0.1, 0.15) is 0 Å². The summed E-state index contributed by atoms with van der Waals surface area (Å²) < 4.78 is 2.01. The zero-order valence-electron chi connectivity index (χ0n) is 16.2. The van der Waals surface area contributed by atoms with E-state index in [1.165, 1.54) is 23.2 Å². The molecule has 0 bridgehead atoms. The Morgan fingerprint density at radius 2 is 1.89 bits per heavy atom. The van der Waals surface area contributed by atoms with Crippen LogP contribution in [0.1, 0.15) is 53.0 Å². The van der Waals surface area contributed by atoms with Gasteiger partial charge in [0, 0.05) is 30.4 Å². The minimum absolute atomic E-state index is 0. The lowest BCUT2D eigenvalue weighted by atomic mass is 9.95. The Bertz CT molecular complexity index is 799. The SMILES string of the molecule is CNC1CCCN(C(=O)c2nn(-c3ccc(C)cc3)c3c2CCCC3)C1.Cl. The van der Waals surface area contributed by atoms with Gasteiger partial charge in [-0.3, -0.25) is 4.79 Å². The summed E-state index contributed by atoms with van der Waals surface area (Å²) in [6, 6.07) is 8.81. The van der Waals surface area contributed by atoms with Crippen molar-refractivity contribution in [3.63, 3.8) is 0 Å². The van der Waals surface area contributed by atoms with Gasteiger partial charge in [0.15, 0.2) is 5.69 Å². The van der Waals surface area contributed by atoms with Crippen LogP contribution in [0.5, 0.6) is 0 Å². The van der Waals surface area contributed by atoms with Crippen molar-refractivity contribution >= 4 is 18.3 Å². The van der Waals surface area contributed by atoms with Crippen LogP contribution in [0.2, 0.25) is 0 Å². The third kappa shape index (κ3) is 3.90. The molecule has 1 amide bonds. The molecular weight excluding hydrogens is 360 g/mol. The van der Waals surface area contributed by atoms with Crippen LogP contribution in [0, 0.1) is 6.92 Å². The Labute approximate surface area is 167 Å². The van der Waals surface area contributed by atoms with E-state index in [4.69, 9.17) is 5.10 Å². The first-order valence-electron chi connectivity index (χ1n) is 9.81. The lowest BCUT2D eigenvalue weighted by molar-refractivity contribution is 0.0690. The van der Waals surface area contributed by atoms with Gasteiger partial charge >= 0.3 is 0 Å². The predicted octanol–water partition coefficient (Wildman–Crippen LogP) is 3.31. The average Bonchev–Trinajstić information content (AvgIpc) is 3.08. The highest BCUT2D eigenvalue weighted by Crippen LogP contribution is 2.28. The monoisotopic (exact) mass is 388 g/mol. The predicted molar refractivity (Wildman–Crippen MR) is 110 cm³/mol. The minimum atomic E-state index is 0.